The number of hydrogen-bond acceptors (Lipinski definition) is 3. The van der Waals surface area contributed by atoms with E-state index in [9.17, 15) is 0 Å². The molecule has 1 saturated heterocycles. The minimum Gasteiger partial charge on any atom is -0.378 e. The highest BCUT2D eigenvalue weighted by atomic mass is 79.9. The van der Waals surface area contributed by atoms with E-state index in [1.54, 1.807) is 11.3 Å². The first kappa shape index (κ1) is 12.6. The van der Waals surface area contributed by atoms with Crippen molar-refractivity contribution in [2.24, 2.45) is 5.73 Å². The summed E-state index contributed by atoms with van der Waals surface area (Å²) in [7, 11) is 0. The van der Waals surface area contributed by atoms with Gasteiger partial charge in [0, 0.05) is 27.4 Å². The lowest BCUT2D eigenvalue weighted by molar-refractivity contribution is 0.101. The van der Waals surface area contributed by atoms with E-state index in [1.165, 1.54) is 22.2 Å². The molecule has 0 aliphatic carbocycles. The average Bonchev–Trinajstić information content (AvgIpc) is 2.87. The predicted molar refractivity (Wildman–Crippen MR) is 71.9 cm³/mol. The molecule has 2 atom stereocenters. The molecule has 1 aliphatic rings. The van der Waals surface area contributed by atoms with Gasteiger partial charge in [-0.1, -0.05) is 0 Å². The van der Waals surface area contributed by atoms with Crippen LogP contribution in [-0.4, -0.2) is 18.8 Å². The Labute approximate surface area is 109 Å². The zero-order valence-corrected chi connectivity index (χ0v) is 11.7. The second kappa shape index (κ2) is 6.15. The van der Waals surface area contributed by atoms with Gasteiger partial charge in [-0.15, -0.1) is 11.3 Å². The first-order chi connectivity index (χ1) is 7.74. The van der Waals surface area contributed by atoms with Crippen LogP contribution in [0.3, 0.4) is 0 Å². The topological polar surface area (TPSA) is 35.2 Å². The molecule has 2 rings (SSSR count). The summed E-state index contributed by atoms with van der Waals surface area (Å²) in [6.45, 7) is 0.942. The first-order valence-electron chi connectivity index (χ1n) is 5.84. The Kier molecular flexibility index (Phi) is 4.82. The lowest BCUT2D eigenvalue weighted by atomic mass is 10.0. The largest absolute Gasteiger partial charge is 0.378 e. The monoisotopic (exact) mass is 303 g/mol. The highest BCUT2D eigenvalue weighted by Gasteiger charge is 2.16. The molecule has 4 heteroatoms. The van der Waals surface area contributed by atoms with Gasteiger partial charge in [-0.3, -0.25) is 0 Å². The standard InChI is InChI=1S/C12H18BrNOS/c13-9-6-12(16-8-9)7-10(14)3-4-11-2-1-5-15-11/h6,8,10-11H,1-5,7,14H2. The van der Waals surface area contributed by atoms with Crippen molar-refractivity contribution < 1.29 is 4.74 Å². The lowest BCUT2D eigenvalue weighted by Crippen LogP contribution is -2.24. The maximum absolute atomic E-state index is 6.13. The zero-order valence-electron chi connectivity index (χ0n) is 9.32. The van der Waals surface area contributed by atoms with Gasteiger partial charge in [0.2, 0.25) is 0 Å². The zero-order chi connectivity index (χ0) is 11.4. The maximum Gasteiger partial charge on any atom is 0.0576 e. The van der Waals surface area contributed by atoms with Gasteiger partial charge in [0.05, 0.1) is 6.10 Å². The van der Waals surface area contributed by atoms with Crippen molar-refractivity contribution in [3.05, 3.63) is 20.8 Å². The molecule has 1 fully saturated rings. The fourth-order valence-corrected chi connectivity index (χ4v) is 3.64. The molecular weight excluding hydrogens is 286 g/mol. The molecule has 16 heavy (non-hydrogen) atoms. The van der Waals surface area contributed by atoms with E-state index in [4.69, 9.17) is 10.5 Å². The van der Waals surface area contributed by atoms with Gasteiger partial charge in [0.1, 0.15) is 0 Å². The summed E-state index contributed by atoms with van der Waals surface area (Å²) in [4.78, 5) is 1.37. The van der Waals surface area contributed by atoms with Crippen molar-refractivity contribution in [1.82, 2.24) is 0 Å². The Morgan fingerprint density at radius 1 is 1.62 bits per heavy atom. The minimum atomic E-state index is 0.273. The summed E-state index contributed by atoms with van der Waals surface area (Å²) in [5.41, 5.74) is 6.13. The second-order valence-electron chi connectivity index (χ2n) is 4.41. The van der Waals surface area contributed by atoms with Crippen LogP contribution in [0, 0.1) is 0 Å². The van der Waals surface area contributed by atoms with Crippen LogP contribution in [0.15, 0.2) is 15.9 Å². The van der Waals surface area contributed by atoms with Crippen molar-refractivity contribution in [2.75, 3.05) is 6.61 Å². The molecule has 0 spiro atoms. The third-order valence-electron chi connectivity index (χ3n) is 2.97. The summed E-state index contributed by atoms with van der Waals surface area (Å²) in [6, 6.07) is 2.44. The highest BCUT2D eigenvalue weighted by molar-refractivity contribution is 9.10. The Morgan fingerprint density at radius 3 is 3.12 bits per heavy atom. The Balaban J connectivity index is 1.69. The molecule has 2 heterocycles. The first-order valence-corrected chi connectivity index (χ1v) is 7.51. The average molecular weight is 304 g/mol. The number of thiophene rings is 1. The summed E-state index contributed by atoms with van der Waals surface area (Å²) in [5.74, 6) is 0. The predicted octanol–water partition coefficient (Wildman–Crippen LogP) is 3.34. The Hall–Kier alpha value is 0.1000. The van der Waals surface area contributed by atoms with E-state index in [-0.39, 0.29) is 6.04 Å². The van der Waals surface area contributed by atoms with Gasteiger partial charge in [0.15, 0.2) is 0 Å². The van der Waals surface area contributed by atoms with E-state index in [1.807, 2.05) is 0 Å². The highest BCUT2D eigenvalue weighted by Crippen LogP contribution is 2.22. The van der Waals surface area contributed by atoms with Crippen molar-refractivity contribution in [3.63, 3.8) is 0 Å². The SMILES string of the molecule is NC(CCC1CCCO1)Cc1cc(Br)cs1. The third-order valence-corrected chi connectivity index (χ3v) is 4.69. The second-order valence-corrected chi connectivity index (χ2v) is 6.32. The molecule has 1 aromatic rings. The normalized spacial score (nSPS) is 22.5. The molecule has 90 valence electrons. The van der Waals surface area contributed by atoms with Gasteiger partial charge in [0.25, 0.3) is 0 Å². The van der Waals surface area contributed by atoms with Gasteiger partial charge in [-0.05, 0) is 54.1 Å². The Morgan fingerprint density at radius 2 is 2.50 bits per heavy atom. The van der Waals surface area contributed by atoms with Crippen LogP contribution in [0.2, 0.25) is 0 Å². The van der Waals surface area contributed by atoms with Gasteiger partial charge < -0.3 is 10.5 Å². The molecule has 2 nitrogen and oxygen atoms in total. The number of rotatable bonds is 5. The molecule has 1 aliphatic heterocycles. The molecule has 0 aromatic carbocycles. The van der Waals surface area contributed by atoms with Crippen LogP contribution in [-0.2, 0) is 11.2 Å². The molecular formula is C12H18BrNOS. The van der Waals surface area contributed by atoms with Crippen molar-refractivity contribution >= 4 is 27.3 Å². The third kappa shape index (κ3) is 3.84. The molecule has 0 bridgehead atoms. The molecule has 0 radical (unpaired) electrons. The lowest BCUT2D eigenvalue weighted by Gasteiger charge is -2.13. The molecule has 2 unspecified atom stereocenters. The fourth-order valence-electron chi connectivity index (χ4n) is 2.09. The minimum absolute atomic E-state index is 0.273. The summed E-state index contributed by atoms with van der Waals surface area (Å²) in [5, 5.41) is 2.11. The number of nitrogens with two attached hydrogens (primary N) is 1. The van der Waals surface area contributed by atoms with Crippen LogP contribution < -0.4 is 5.73 Å². The van der Waals surface area contributed by atoms with Crippen LogP contribution >= 0.6 is 27.3 Å². The van der Waals surface area contributed by atoms with Crippen LogP contribution in [0.1, 0.15) is 30.6 Å². The number of ether oxygens (including phenoxy) is 1. The van der Waals surface area contributed by atoms with Crippen LogP contribution in [0.25, 0.3) is 0 Å². The molecule has 2 N–H and O–H groups in total. The summed E-state index contributed by atoms with van der Waals surface area (Å²) in [6.07, 6.45) is 6.09. The fraction of sp³-hybridized carbons (Fsp3) is 0.667. The maximum atomic E-state index is 6.13. The van der Waals surface area contributed by atoms with Crippen LogP contribution in [0.5, 0.6) is 0 Å². The Bertz CT molecular complexity index is 323. The smallest absolute Gasteiger partial charge is 0.0576 e. The van der Waals surface area contributed by atoms with Gasteiger partial charge in [-0.2, -0.15) is 0 Å². The van der Waals surface area contributed by atoms with E-state index in [0.29, 0.717) is 6.10 Å². The van der Waals surface area contributed by atoms with Gasteiger partial charge >= 0.3 is 0 Å². The van der Waals surface area contributed by atoms with E-state index < -0.39 is 0 Å². The number of hydrogen-bond donors (Lipinski definition) is 1. The van der Waals surface area contributed by atoms with E-state index in [2.05, 4.69) is 27.4 Å². The van der Waals surface area contributed by atoms with Gasteiger partial charge in [-0.25, -0.2) is 0 Å². The van der Waals surface area contributed by atoms with E-state index >= 15 is 0 Å². The summed E-state index contributed by atoms with van der Waals surface area (Å²) < 4.78 is 6.76. The molecule has 1 aromatic heterocycles. The molecule has 0 amide bonds. The van der Waals surface area contributed by atoms with Crippen molar-refractivity contribution in [1.29, 1.82) is 0 Å². The van der Waals surface area contributed by atoms with Crippen molar-refractivity contribution in [3.8, 4) is 0 Å². The number of halogens is 1. The van der Waals surface area contributed by atoms with Crippen molar-refractivity contribution in [2.45, 2.75) is 44.2 Å². The quantitative estimate of drug-likeness (QED) is 0.905. The molecule has 0 saturated carbocycles. The van der Waals surface area contributed by atoms with E-state index in [0.717, 1.165) is 25.9 Å². The van der Waals surface area contributed by atoms with Crippen LogP contribution in [0.4, 0.5) is 0 Å². The summed E-state index contributed by atoms with van der Waals surface area (Å²) >= 11 is 5.24.